The van der Waals surface area contributed by atoms with Gasteiger partial charge in [-0.2, -0.15) is 9.59 Å². The number of rotatable bonds is 5. The van der Waals surface area contributed by atoms with Crippen molar-refractivity contribution in [3.05, 3.63) is 45.5 Å². The predicted molar refractivity (Wildman–Crippen MR) is 81.2 cm³/mol. The normalized spacial score (nSPS) is 12.9. The molecule has 0 fully saturated rings. The fourth-order valence-electron chi connectivity index (χ4n) is 2.52. The maximum Gasteiger partial charge on any atom is 0.373 e. The van der Waals surface area contributed by atoms with Gasteiger partial charge in [0.25, 0.3) is 0 Å². The summed E-state index contributed by atoms with van der Waals surface area (Å²) < 4.78 is 4.75. The molecular formula is C16H21NO6. The molecule has 0 spiro atoms. The van der Waals surface area contributed by atoms with Crippen LogP contribution in [0.25, 0.3) is 0 Å². The molecule has 0 N–H and O–H groups in total. The quantitative estimate of drug-likeness (QED) is 0.468. The molecule has 7 nitrogen and oxygen atoms in total. The van der Waals surface area contributed by atoms with Crippen LogP contribution < -0.4 is 0 Å². The fourth-order valence-corrected chi connectivity index (χ4v) is 2.52. The molecule has 0 aromatic heterocycles. The second-order valence-corrected chi connectivity index (χ2v) is 5.69. The Kier molecular flexibility index (Phi) is 7.83. The predicted octanol–water partition coefficient (Wildman–Crippen LogP) is 2.36. The molecule has 0 saturated heterocycles. The zero-order valence-corrected chi connectivity index (χ0v) is 13.9. The van der Waals surface area contributed by atoms with Crippen molar-refractivity contribution in [1.29, 1.82) is 0 Å². The van der Waals surface area contributed by atoms with Gasteiger partial charge in [-0.05, 0) is 12.5 Å². The third-order valence-corrected chi connectivity index (χ3v) is 3.74. The van der Waals surface area contributed by atoms with Crippen LogP contribution in [-0.2, 0) is 19.1 Å². The van der Waals surface area contributed by atoms with Crippen molar-refractivity contribution >= 4 is 12.1 Å². The third kappa shape index (κ3) is 5.30. The van der Waals surface area contributed by atoms with Crippen LogP contribution >= 0.6 is 0 Å². The van der Waals surface area contributed by atoms with E-state index in [0.717, 1.165) is 11.1 Å². The number of benzene rings is 1. The standard InChI is InChI=1S/C15H21NO4.CO2/c1-10-6-8-12(9-7-10)13(11(2)14(17)20-5)15(3,4)16(18)19;2-1-3/h6-9,11,13H,1-5H3;. The molecule has 0 aliphatic rings. The molecule has 126 valence electrons. The van der Waals surface area contributed by atoms with Crippen molar-refractivity contribution in [2.75, 3.05) is 7.11 Å². The van der Waals surface area contributed by atoms with Crippen LogP contribution in [-0.4, -0.2) is 29.7 Å². The number of hydrogen-bond donors (Lipinski definition) is 0. The Hall–Kier alpha value is -2.53. The van der Waals surface area contributed by atoms with E-state index in [1.54, 1.807) is 6.92 Å². The van der Waals surface area contributed by atoms with Gasteiger partial charge in [-0.3, -0.25) is 14.9 Å². The lowest BCUT2D eigenvalue weighted by atomic mass is 9.74. The van der Waals surface area contributed by atoms with Crippen LogP contribution in [0.1, 0.15) is 37.8 Å². The molecule has 2 atom stereocenters. The number of methoxy groups -OCH3 is 1. The second kappa shape index (κ2) is 8.80. The lowest BCUT2D eigenvalue weighted by Crippen LogP contribution is -2.43. The molecule has 1 rings (SSSR count). The van der Waals surface area contributed by atoms with Gasteiger partial charge in [0.05, 0.1) is 18.9 Å². The van der Waals surface area contributed by atoms with Gasteiger partial charge in [-0.25, -0.2) is 0 Å². The van der Waals surface area contributed by atoms with Gasteiger partial charge in [0.15, 0.2) is 0 Å². The van der Waals surface area contributed by atoms with Crippen molar-refractivity contribution in [2.24, 2.45) is 5.92 Å². The van der Waals surface area contributed by atoms with E-state index in [-0.39, 0.29) is 11.1 Å². The summed E-state index contributed by atoms with van der Waals surface area (Å²) in [6.07, 6.45) is 0.250. The summed E-state index contributed by atoms with van der Waals surface area (Å²) in [6, 6.07) is 7.46. The third-order valence-electron chi connectivity index (χ3n) is 3.74. The lowest BCUT2D eigenvalue weighted by Gasteiger charge is -2.30. The van der Waals surface area contributed by atoms with Gasteiger partial charge in [0, 0.05) is 18.8 Å². The summed E-state index contributed by atoms with van der Waals surface area (Å²) in [4.78, 5) is 39.1. The second-order valence-electron chi connectivity index (χ2n) is 5.69. The molecule has 7 heteroatoms. The minimum absolute atomic E-state index is 0.250. The van der Waals surface area contributed by atoms with Crippen molar-refractivity contribution < 1.29 is 24.0 Å². The first kappa shape index (κ1) is 20.5. The van der Waals surface area contributed by atoms with Gasteiger partial charge in [-0.1, -0.05) is 36.8 Å². The number of nitrogens with zero attached hydrogens (tertiary/aromatic N) is 1. The Morgan fingerprint density at radius 3 is 2.04 bits per heavy atom. The van der Waals surface area contributed by atoms with Crippen LogP contribution in [0.5, 0.6) is 0 Å². The fraction of sp³-hybridized carbons (Fsp3) is 0.500. The topological polar surface area (TPSA) is 104 Å². The van der Waals surface area contributed by atoms with Crippen LogP contribution in [0, 0.1) is 23.0 Å². The highest BCUT2D eigenvalue weighted by Crippen LogP contribution is 2.37. The average molecular weight is 323 g/mol. The van der Waals surface area contributed by atoms with E-state index in [0.29, 0.717) is 0 Å². The first-order chi connectivity index (χ1) is 10.6. The number of carbonyl (C=O) groups excluding carboxylic acids is 3. The monoisotopic (exact) mass is 323 g/mol. The Balaban J connectivity index is 0.00000149. The van der Waals surface area contributed by atoms with Crippen molar-refractivity contribution in [1.82, 2.24) is 0 Å². The number of hydrogen-bond acceptors (Lipinski definition) is 6. The molecule has 0 radical (unpaired) electrons. The average Bonchev–Trinajstić information content (AvgIpc) is 2.49. The Labute approximate surface area is 134 Å². The summed E-state index contributed by atoms with van der Waals surface area (Å²) in [6.45, 7) is 6.69. The number of ether oxygens (including phenoxy) is 1. The SMILES string of the molecule is COC(=O)C(C)C(c1ccc(C)cc1)C(C)(C)[N+](=O)[O-].O=C=O. The first-order valence-corrected chi connectivity index (χ1v) is 6.91. The molecular weight excluding hydrogens is 302 g/mol. The molecule has 23 heavy (non-hydrogen) atoms. The van der Waals surface area contributed by atoms with E-state index >= 15 is 0 Å². The Morgan fingerprint density at radius 1 is 1.26 bits per heavy atom. The van der Waals surface area contributed by atoms with E-state index < -0.39 is 23.3 Å². The maximum absolute atomic E-state index is 11.8. The highest BCUT2D eigenvalue weighted by Gasteiger charge is 2.47. The largest absolute Gasteiger partial charge is 0.469 e. The van der Waals surface area contributed by atoms with Gasteiger partial charge in [0.2, 0.25) is 5.54 Å². The first-order valence-electron chi connectivity index (χ1n) is 6.91. The molecule has 0 aliphatic carbocycles. The van der Waals surface area contributed by atoms with Crippen molar-refractivity contribution in [3.63, 3.8) is 0 Å². The summed E-state index contributed by atoms with van der Waals surface area (Å²) in [5.74, 6) is -1.58. The van der Waals surface area contributed by atoms with Gasteiger partial charge >= 0.3 is 12.1 Å². The van der Waals surface area contributed by atoms with Gasteiger partial charge in [-0.15, -0.1) is 0 Å². The molecule has 2 unspecified atom stereocenters. The van der Waals surface area contributed by atoms with E-state index in [9.17, 15) is 14.9 Å². The zero-order valence-electron chi connectivity index (χ0n) is 13.9. The highest BCUT2D eigenvalue weighted by molar-refractivity contribution is 5.73. The number of carbonyl (C=O) groups is 1. The lowest BCUT2D eigenvalue weighted by molar-refractivity contribution is -0.566. The number of aryl methyl sites for hydroxylation is 1. The summed E-state index contributed by atoms with van der Waals surface area (Å²) in [5.41, 5.74) is 0.579. The molecule has 0 aliphatic heterocycles. The van der Waals surface area contributed by atoms with Crippen LogP contribution in [0.15, 0.2) is 24.3 Å². The molecule has 1 aromatic rings. The van der Waals surface area contributed by atoms with Crippen molar-refractivity contribution in [2.45, 2.75) is 39.2 Å². The highest BCUT2D eigenvalue weighted by atomic mass is 16.6. The van der Waals surface area contributed by atoms with Crippen LogP contribution in [0.3, 0.4) is 0 Å². The van der Waals surface area contributed by atoms with E-state index in [2.05, 4.69) is 0 Å². The smallest absolute Gasteiger partial charge is 0.373 e. The Bertz CT molecular complexity index is 573. The maximum atomic E-state index is 11.8. The minimum atomic E-state index is -1.26. The minimum Gasteiger partial charge on any atom is -0.469 e. The summed E-state index contributed by atoms with van der Waals surface area (Å²) in [7, 11) is 1.30. The molecule has 0 bridgehead atoms. The van der Waals surface area contributed by atoms with Gasteiger partial charge in [0.1, 0.15) is 0 Å². The van der Waals surface area contributed by atoms with E-state index in [1.807, 2.05) is 31.2 Å². The van der Waals surface area contributed by atoms with Crippen LogP contribution in [0.4, 0.5) is 0 Å². The molecule has 0 amide bonds. The van der Waals surface area contributed by atoms with Crippen molar-refractivity contribution in [3.8, 4) is 0 Å². The van der Waals surface area contributed by atoms with E-state index in [1.165, 1.54) is 21.0 Å². The van der Waals surface area contributed by atoms with E-state index in [4.69, 9.17) is 14.3 Å². The van der Waals surface area contributed by atoms with Gasteiger partial charge < -0.3 is 4.74 Å². The summed E-state index contributed by atoms with van der Waals surface area (Å²) >= 11 is 0. The molecule has 0 saturated carbocycles. The zero-order chi connectivity index (χ0) is 18.2. The molecule has 1 aromatic carbocycles. The molecule has 0 heterocycles. The summed E-state index contributed by atoms with van der Waals surface area (Å²) in [5, 5.41) is 11.4. The number of esters is 1. The Morgan fingerprint density at radius 2 is 1.70 bits per heavy atom. The number of nitro groups is 1. The van der Waals surface area contributed by atoms with Crippen LogP contribution in [0.2, 0.25) is 0 Å².